The van der Waals surface area contributed by atoms with Crippen molar-refractivity contribution in [2.75, 3.05) is 13.7 Å². The smallest absolute Gasteiger partial charge is 0.309 e. The summed E-state index contributed by atoms with van der Waals surface area (Å²) >= 11 is 0. The maximum atomic E-state index is 11.8. The third-order valence-corrected chi connectivity index (χ3v) is 3.19. The number of benzene rings is 1. The normalized spacial score (nSPS) is 10.9. The Morgan fingerprint density at radius 3 is 2.55 bits per heavy atom. The van der Waals surface area contributed by atoms with Gasteiger partial charge in [0.25, 0.3) is 0 Å². The lowest BCUT2D eigenvalue weighted by molar-refractivity contribution is -0.147. The van der Waals surface area contributed by atoms with E-state index in [2.05, 4.69) is 5.32 Å². The molecule has 1 aromatic carbocycles. The van der Waals surface area contributed by atoms with Gasteiger partial charge in [-0.1, -0.05) is 18.2 Å². The first kappa shape index (κ1) is 16.0. The van der Waals surface area contributed by atoms with Crippen molar-refractivity contribution < 1.29 is 19.4 Å². The maximum Gasteiger partial charge on any atom is 0.309 e. The molecule has 1 aromatic rings. The summed E-state index contributed by atoms with van der Waals surface area (Å²) in [4.78, 5) is 22.8. The third kappa shape index (κ3) is 4.57. The van der Waals surface area contributed by atoms with Gasteiger partial charge in [0.05, 0.1) is 18.9 Å². The minimum Gasteiger partial charge on any atom is -0.496 e. The Bertz CT molecular complexity index is 483. The molecule has 0 fully saturated rings. The topological polar surface area (TPSA) is 75.6 Å². The standard InChI is InChI=1S/C15H21NO4/c1-15(2,14(18)19)8-9-16-13(17)10-11-6-4-5-7-12(11)20-3/h4-7H,8-10H2,1-3H3,(H,16,17)(H,18,19). The van der Waals surface area contributed by atoms with E-state index in [-0.39, 0.29) is 12.3 Å². The molecule has 0 radical (unpaired) electrons. The van der Waals surface area contributed by atoms with Crippen LogP contribution in [-0.4, -0.2) is 30.6 Å². The number of nitrogens with one attached hydrogen (secondary N) is 1. The van der Waals surface area contributed by atoms with E-state index >= 15 is 0 Å². The number of carboxylic acid groups (broad SMARTS) is 1. The van der Waals surface area contributed by atoms with Gasteiger partial charge >= 0.3 is 5.97 Å². The molecule has 20 heavy (non-hydrogen) atoms. The predicted octanol–water partition coefficient (Wildman–Crippen LogP) is 1.85. The van der Waals surface area contributed by atoms with Crippen LogP contribution in [0.4, 0.5) is 0 Å². The molecule has 0 atom stereocenters. The first-order chi connectivity index (χ1) is 9.36. The van der Waals surface area contributed by atoms with Crippen molar-refractivity contribution in [2.24, 2.45) is 5.41 Å². The average Bonchev–Trinajstić information content (AvgIpc) is 2.39. The van der Waals surface area contributed by atoms with Crippen LogP contribution in [0.15, 0.2) is 24.3 Å². The van der Waals surface area contributed by atoms with E-state index in [1.807, 2.05) is 18.2 Å². The molecular weight excluding hydrogens is 258 g/mol. The highest BCUT2D eigenvalue weighted by atomic mass is 16.5. The van der Waals surface area contributed by atoms with Crippen LogP contribution in [0.1, 0.15) is 25.8 Å². The molecule has 0 heterocycles. The number of ether oxygens (including phenoxy) is 1. The number of carbonyl (C=O) groups excluding carboxylic acids is 1. The number of para-hydroxylation sites is 1. The lowest BCUT2D eigenvalue weighted by Gasteiger charge is -2.19. The second-order valence-electron chi connectivity index (χ2n) is 5.28. The van der Waals surface area contributed by atoms with Gasteiger partial charge in [-0.25, -0.2) is 0 Å². The van der Waals surface area contributed by atoms with Crippen LogP contribution >= 0.6 is 0 Å². The fourth-order valence-electron chi connectivity index (χ4n) is 1.71. The summed E-state index contributed by atoms with van der Waals surface area (Å²) in [6.45, 7) is 3.62. The summed E-state index contributed by atoms with van der Waals surface area (Å²) in [5.74, 6) is -0.333. The van der Waals surface area contributed by atoms with Crippen molar-refractivity contribution in [1.82, 2.24) is 5.32 Å². The molecule has 110 valence electrons. The van der Waals surface area contributed by atoms with Crippen LogP contribution in [0.3, 0.4) is 0 Å². The summed E-state index contributed by atoms with van der Waals surface area (Å²) in [7, 11) is 1.56. The molecule has 2 N–H and O–H groups in total. The van der Waals surface area contributed by atoms with Crippen molar-refractivity contribution in [3.63, 3.8) is 0 Å². The Morgan fingerprint density at radius 2 is 1.95 bits per heavy atom. The summed E-state index contributed by atoms with van der Waals surface area (Å²) in [6, 6.07) is 7.32. The van der Waals surface area contributed by atoms with Crippen molar-refractivity contribution >= 4 is 11.9 Å². The molecule has 0 unspecified atom stereocenters. The first-order valence-corrected chi connectivity index (χ1v) is 6.49. The summed E-state index contributed by atoms with van der Waals surface area (Å²) in [5.41, 5.74) is -0.0254. The van der Waals surface area contributed by atoms with Gasteiger partial charge in [-0.05, 0) is 26.3 Å². The highest BCUT2D eigenvalue weighted by Crippen LogP contribution is 2.20. The van der Waals surface area contributed by atoms with Gasteiger partial charge in [0, 0.05) is 12.1 Å². The fourth-order valence-corrected chi connectivity index (χ4v) is 1.71. The van der Waals surface area contributed by atoms with E-state index in [0.29, 0.717) is 18.7 Å². The molecule has 0 saturated carbocycles. The van der Waals surface area contributed by atoms with Crippen LogP contribution in [-0.2, 0) is 16.0 Å². The summed E-state index contributed by atoms with van der Waals surface area (Å²) in [5, 5.41) is 11.7. The van der Waals surface area contributed by atoms with Gasteiger partial charge in [-0.3, -0.25) is 9.59 Å². The zero-order valence-electron chi connectivity index (χ0n) is 12.1. The van der Waals surface area contributed by atoms with Gasteiger partial charge in [-0.2, -0.15) is 0 Å². The molecular formula is C15H21NO4. The Morgan fingerprint density at radius 1 is 1.30 bits per heavy atom. The highest BCUT2D eigenvalue weighted by molar-refractivity contribution is 5.79. The van der Waals surface area contributed by atoms with Crippen LogP contribution in [0, 0.1) is 5.41 Å². The van der Waals surface area contributed by atoms with Gasteiger partial charge in [0.1, 0.15) is 5.75 Å². The number of hydrogen-bond donors (Lipinski definition) is 2. The fraction of sp³-hybridized carbons (Fsp3) is 0.467. The number of hydrogen-bond acceptors (Lipinski definition) is 3. The second-order valence-corrected chi connectivity index (χ2v) is 5.28. The lowest BCUT2D eigenvalue weighted by Crippen LogP contribution is -2.32. The molecule has 0 saturated heterocycles. The highest BCUT2D eigenvalue weighted by Gasteiger charge is 2.26. The number of carbonyl (C=O) groups is 2. The Kier molecular flexibility index (Phi) is 5.55. The maximum absolute atomic E-state index is 11.8. The zero-order valence-corrected chi connectivity index (χ0v) is 12.1. The Hall–Kier alpha value is -2.04. The first-order valence-electron chi connectivity index (χ1n) is 6.49. The Balaban J connectivity index is 2.47. The minimum absolute atomic E-state index is 0.143. The molecule has 0 aromatic heterocycles. The van der Waals surface area contributed by atoms with E-state index in [1.165, 1.54) is 0 Å². The number of amides is 1. The Labute approximate surface area is 118 Å². The van der Waals surface area contributed by atoms with Crippen LogP contribution < -0.4 is 10.1 Å². The molecule has 1 amide bonds. The van der Waals surface area contributed by atoms with Crippen LogP contribution in [0.25, 0.3) is 0 Å². The molecule has 0 aliphatic heterocycles. The van der Waals surface area contributed by atoms with E-state index in [4.69, 9.17) is 9.84 Å². The van der Waals surface area contributed by atoms with Gasteiger partial charge in [0.15, 0.2) is 0 Å². The van der Waals surface area contributed by atoms with E-state index < -0.39 is 11.4 Å². The molecule has 1 rings (SSSR count). The van der Waals surface area contributed by atoms with Gasteiger partial charge < -0.3 is 15.2 Å². The van der Waals surface area contributed by atoms with Crippen LogP contribution in [0.2, 0.25) is 0 Å². The molecule has 5 nitrogen and oxygen atoms in total. The molecule has 0 aliphatic carbocycles. The van der Waals surface area contributed by atoms with Crippen molar-refractivity contribution in [3.8, 4) is 5.75 Å². The van der Waals surface area contributed by atoms with Crippen molar-refractivity contribution in [3.05, 3.63) is 29.8 Å². The quantitative estimate of drug-likeness (QED) is 0.798. The van der Waals surface area contributed by atoms with Gasteiger partial charge in [0.2, 0.25) is 5.91 Å². The largest absolute Gasteiger partial charge is 0.496 e. The number of carboxylic acids is 1. The molecule has 0 bridgehead atoms. The van der Waals surface area contributed by atoms with Crippen LogP contribution in [0.5, 0.6) is 5.75 Å². The zero-order chi connectivity index (χ0) is 15.2. The predicted molar refractivity (Wildman–Crippen MR) is 75.7 cm³/mol. The molecule has 0 spiro atoms. The van der Waals surface area contributed by atoms with Crippen molar-refractivity contribution in [2.45, 2.75) is 26.7 Å². The van der Waals surface area contributed by atoms with Crippen molar-refractivity contribution in [1.29, 1.82) is 0 Å². The number of aliphatic carboxylic acids is 1. The SMILES string of the molecule is COc1ccccc1CC(=O)NCCC(C)(C)C(=O)O. The average molecular weight is 279 g/mol. The molecule has 0 aliphatic rings. The van der Waals surface area contributed by atoms with E-state index in [9.17, 15) is 9.59 Å². The number of rotatable bonds is 7. The lowest BCUT2D eigenvalue weighted by atomic mass is 9.90. The monoisotopic (exact) mass is 279 g/mol. The van der Waals surface area contributed by atoms with Gasteiger partial charge in [-0.15, -0.1) is 0 Å². The van der Waals surface area contributed by atoms with E-state index in [0.717, 1.165) is 5.56 Å². The summed E-state index contributed by atoms with van der Waals surface area (Å²) < 4.78 is 5.18. The molecule has 5 heteroatoms. The third-order valence-electron chi connectivity index (χ3n) is 3.19. The summed E-state index contributed by atoms with van der Waals surface area (Å²) in [6.07, 6.45) is 0.609. The number of methoxy groups -OCH3 is 1. The minimum atomic E-state index is -0.864. The van der Waals surface area contributed by atoms with E-state index in [1.54, 1.807) is 27.0 Å². The second kappa shape index (κ2) is 6.93.